The van der Waals surface area contributed by atoms with Crippen molar-refractivity contribution >= 4 is 5.97 Å². The van der Waals surface area contributed by atoms with Crippen molar-refractivity contribution in [3.63, 3.8) is 0 Å². The predicted octanol–water partition coefficient (Wildman–Crippen LogP) is 1.94. The van der Waals surface area contributed by atoms with E-state index in [2.05, 4.69) is 5.32 Å². The van der Waals surface area contributed by atoms with Crippen LogP contribution in [0.4, 0.5) is 0 Å². The molecular formula is C13H19NO4. The van der Waals surface area contributed by atoms with Gasteiger partial charge in [0, 0.05) is 25.3 Å². The number of carboxylic acid groups (broad SMARTS) is 1. The molecule has 1 fully saturated rings. The second kappa shape index (κ2) is 5.54. The average molecular weight is 253 g/mol. The fourth-order valence-electron chi connectivity index (χ4n) is 2.48. The van der Waals surface area contributed by atoms with Gasteiger partial charge in [-0.2, -0.15) is 0 Å². The van der Waals surface area contributed by atoms with Gasteiger partial charge in [0.15, 0.2) is 0 Å². The minimum Gasteiger partial charge on any atom is -0.475 e. The van der Waals surface area contributed by atoms with Gasteiger partial charge in [0.05, 0.1) is 6.10 Å². The molecule has 2 rings (SSSR count). The molecule has 1 aliphatic rings. The molecule has 0 aromatic carbocycles. The standard InChI is InChI=1S/C13H19NO4/c1-8-9(6-12(18-8)13(15)16)7-14-10-4-3-5-11(10)17-2/h6,10-11,14H,3-5,7H2,1-2H3,(H,15,16). The normalized spacial score (nSPS) is 23.4. The van der Waals surface area contributed by atoms with Gasteiger partial charge in [-0.15, -0.1) is 0 Å². The molecule has 0 saturated heterocycles. The molecule has 5 heteroatoms. The summed E-state index contributed by atoms with van der Waals surface area (Å²) in [5.41, 5.74) is 0.897. The number of nitrogens with one attached hydrogen (secondary N) is 1. The van der Waals surface area contributed by atoms with Crippen molar-refractivity contribution in [3.8, 4) is 0 Å². The molecule has 0 radical (unpaired) electrons. The van der Waals surface area contributed by atoms with E-state index in [1.54, 1.807) is 20.1 Å². The van der Waals surface area contributed by atoms with Gasteiger partial charge in [0.2, 0.25) is 5.76 Å². The number of rotatable bonds is 5. The first-order valence-corrected chi connectivity index (χ1v) is 6.20. The van der Waals surface area contributed by atoms with E-state index in [0.29, 0.717) is 18.3 Å². The Bertz CT molecular complexity index is 427. The van der Waals surface area contributed by atoms with Crippen molar-refractivity contribution in [2.75, 3.05) is 7.11 Å². The van der Waals surface area contributed by atoms with Gasteiger partial charge >= 0.3 is 5.97 Å². The molecule has 1 heterocycles. The van der Waals surface area contributed by atoms with Crippen LogP contribution in [0.1, 0.15) is 41.1 Å². The van der Waals surface area contributed by atoms with Gasteiger partial charge in [-0.25, -0.2) is 4.79 Å². The van der Waals surface area contributed by atoms with E-state index in [1.165, 1.54) is 6.42 Å². The molecule has 2 unspecified atom stereocenters. The van der Waals surface area contributed by atoms with Gasteiger partial charge in [-0.3, -0.25) is 0 Å². The van der Waals surface area contributed by atoms with Gasteiger partial charge < -0.3 is 19.6 Å². The maximum absolute atomic E-state index is 10.8. The zero-order chi connectivity index (χ0) is 13.1. The number of ether oxygens (including phenoxy) is 1. The topological polar surface area (TPSA) is 71.7 Å². The molecule has 1 saturated carbocycles. The van der Waals surface area contributed by atoms with E-state index in [-0.39, 0.29) is 11.9 Å². The second-order valence-corrected chi connectivity index (χ2v) is 4.69. The molecule has 1 aromatic heterocycles. The summed E-state index contributed by atoms with van der Waals surface area (Å²) in [5.74, 6) is -0.370. The van der Waals surface area contributed by atoms with Crippen molar-refractivity contribution in [1.29, 1.82) is 0 Å². The number of carboxylic acids is 1. The number of aromatic carboxylic acids is 1. The summed E-state index contributed by atoms with van der Waals surface area (Å²) in [7, 11) is 1.73. The van der Waals surface area contributed by atoms with E-state index >= 15 is 0 Å². The highest BCUT2D eigenvalue weighted by atomic mass is 16.5. The van der Waals surface area contributed by atoms with Crippen LogP contribution in [0.25, 0.3) is 0 Å². The summed E-state index contributed by atoms with van der Waals surface area (Å²) in [4.78, 5) is 10.8. The highest BCUT2D eigenvalue weighted by Gasteiger charge is 2.26. The monoisotopic (exact) mass is 253 g/mol. The van der Waals surface area contributed by atoms with E-state index in [0.717, 1.165) is 18.4 Å². The Labute approximate surface area is 106 Å². The highest BCUT2D eigenvalue weighted by molar-refractivity contribution is 5.84. The van der Waals surface area contributed by atoms with Gasteiger partial charge in [-0.1, -0.05) is 0 Å². The number of carbonyl (C=O) groups is 1. The number of aryl methyl sites for hydroxylation is 1. The molecule has 0 aliphatic heterocycles. The molecule has 100 valence electrons. The maximum Gasteiger partial charge on any atom is 0.371 e. The Morgan fingerprint density at radius 2 is 2.39 bits per heavy atom. The molecule has 0 bridgehead atoms. The Kier molecular flexibility index (Phi) is 4.04. The lowest BCUT2D eigenvalue weighted by atomic mass is 10.2. The fraction of sp³-hybridized carbons (Fsp3) is 0.615. The highest BCUT2D eigenvalue weighted by Crippen LogP contribution is 2.22. The summed E-state index contributed by atoms with van der Waals surface area (Å²) >= 11 is 0. The van der Waals surface area contributed by atoms with Crippen LogP contribution in [0.15, 0.2) is 10.5 Å². The Hall–Kier alpha value is -1.33. The van der Waals surface area contributed by atoms with Crippen LogP contribution >= 0.6 is 0 Å². The van der Waals surface area contributed by atoms with Crippen LogP contribution in [0, 0.1) is 6.92 Å². The zero-order valence-corrected chi connectivity index (χ0v) is 10.7. The third kappa shape index (κ3) is 2.73. The Morgan fingerprint density at radius 1 is 1.61 bits per heavy atom. The van der Waals surface area contributed by atoms with Crippen molar-refractivity contribution < 1.29 is 19.1 Å². The molecule has 1 aliphatic carbocycles. The third-order valence-electron chi connectivity index (χ3n) is 3.54. The second-order valence-electron chi connectivity index (χ2n) is 4.69. The van der Waals surface area contributed by atoms with Crippen LogP contribution in [0.2, 0.25) is 0 Å². The maximum atomic E-state index is 10.8. The van der Waals surface area contributed by atoms with Crippen molar-refractivity contribution in [3.05, 3.63) is 23.2 Å². The molecule has 0 amide bonds. The molecule has 18 heavy (non-hydrogen) atoms. The number of hydrogen-bond donors (Lipinski definition) is 2. The fourth-order valence-corrected chi connectivity index (χ4v) is 2.48. The van der Waals surface area contributed by atoms with Crippen molar-refractivity contribution in [2.24, 2.45) is 0 Å². The molecule has 2 N–H and O–H groups in total. The smallest absolute Gasteiger partial charge is 0.371 e. The van der Waals surface area contributed by atoms with Crippen molar-refractivity contribution in [1.82, 2.24) is 5.32 Å². The van der Waals surface area contributed by atoms with Gasteiger partial charge in [0.25, 0.3) is 0 Å². The summed E-state index contributed by atoms with van der Waals surface area (Å²) in [6.07, 6.45) is 3.61. The SMILES string of the molecule is COC1CCCC1NCc1cc(C(=O)O)oc1C. The van der Waals surface area contributed by atoms with Crippen LogP contribution in [-0.2, 0) is 11.3 Å². The van der Waals surface area contributed by atoms with Crippen LogP contribution in [0.3, 0.4) is 0 Å². The number of hydrogen-bond acceptors (Lipinski definition) is 4. The summed E-state index contributed by atoms with van der Waals surface area (Å²) in [5, 5.41) is 12.3. The van der Waals surface area contributed by atoms with E-state index in [4.69, 9.17) is 14.3 Å². The lowest BCUT2D eigenvalue weighted by molar-refractivity contribution is 0.0661. The molecule has 5 nitrogen and oxygen atoms in total. The minimum absolute atomic E-state index is 0.000913. The molecule has 2 atom stereocenters. The summed E-state index contributed by atoms with van der Waals surface area (Å²) in [6.45, 7) is 2.40. The molecule has 1 aromatic rings. The van der Waals surface area contributed by atoms with Gasteiger partial charge in [0.1, 0.15) is 5.76 Å². The summed E-state index contributed by atoms with van der Waals surface area (Å²) < 4.78 is 10.6. The molecule has 0 spiro atoms. The third-order valence-corrected chi connectivity index (χ3v) is 3.54. The lowest BCUT2D eigenvalue weighted by Crippen LogP contribution is -2.36. The number of furan rings is 1. The Balaban J connectivity index is 1.95. The molecular weight excluding hydrogens is 234 g/mol. The zero-order valence-electron chi connectivity index (χ0n) is 10.7. The summed E-state index contributed by atoms with van der Waals surface area (Å²) in [6, 6.07) is 1.93. The van der Waals surface area contributed by atoms with E-state index < -0.39 is 5.97 Å². The largest absolute Gasteiger partial charge is 0.475 e. The first-order chi connectivity index (χ1) is 8.61. The van der Waals surface area contributed by atoms with Gasteiger partial charge in [-0.05, 0) is 32.3 Å². The Morgan fingerprint density at radius 3 is 3.00 bits per heavy atom. The van der Waals surface area contributed by atoms with E-state index in [9.17, 15) is 4.79 Å². The lowest BCUT2D eigenvalue weighted by Gasteiger charge is -2.19. The van der Waals surface area contributed by atoms with Crippen LogP contribution in [-0.4, -0.2) is 30.3 Å². The van der Waals surface area contributed by atoms with E-state index in [1.807, 2.05) is 0 Å². The minimum atomic E-state index is -1.03. The first kappa shape index (κ1) is 13.1. The van der Waals surface area contributed by atoms with Crippen molar-refractivity contribution in [2.45, 2.75) is 44.9 Å². The quantitative estimate of drug-likeness (QED) is 0.839. The van der Waals surface area contributed by atoms with Crippen LogP contribution in [0.5, 0.6) is 0 Å². The first-order valence-electron chi connectivity index (χ1n) is 6.20. The van der Waals surface area contributed by atoms with Crippen LogP contribution < -0.4 is 5.32 Å². The predicted molar refractivity (Wildman–Crippen MR) is 65.7 cm³/mol. The average Bonchev–Trinajstić information content (AvgIpc) is 2.92. The number of methoxy groups -OCH3 is 1.